The molecule has 0 rings (SSSR count). The Morgan fingerprint density at radius 2 is 1.69 bits per heavy atom. The Morgan fingerprint density at radius 1 is 1.23 bits per heavy atom. The smallest absolute Gasteiger partial charge is 0.191 e. The normalized spacial score (nSPS) is 9.69. The number of unbranched alkanes of at least 4 members (excludes halogenated alkanes) is 2. The Balaban J connectivity index is 0. The molecule has 0 radical (unpaired) electrons. The first-order chi connectivity index (χ1) is 6.04. The highest BCUT2D eigenvalue weighted by Gasteiger charge is 1.90. The van der Waals surface area contributed by atoms with E-state index in [4.69, 9.17) is 5.73 Å². The van der Waals surface area contributed by atoms with Crippen LogP contribution in [0.1, 0.15) is 26.2 Å². The van der Waals surface area contributed by atoms with Gasteiger partial charge in [-0.15, -0.1) is 0 Å². The topological polar surface area (TPSA) is 60.2 Å². The zero-order chi connectivity index (χ0) is 10.7. The van der Waals surface area contributed by atoms with E-state index < -0.39 is 9.84 Å². The van der Waals surface area contributed by atoms with Gasteiger partial charge in [-0.05, 0) is 13.0 Å². The standard InChI is InChI=1S/C5H13N.C4H6O2S/c1-2-3-4-5-6;1-3-7(5,6)4-2/h2-6H2,1H3;3-4H,1-2H2. The molecule has 3 nitrogen and oxygen atoms in total. The Bertz CT molecular complexity index is 202. The van der Waals surface area contributed by atoms with Crippen LogP contribution in [0.4, 0.5) is 0 Å². The zero-order valence-electron chi connectivity index (χ0n) is 8.20. The van der Waals surface area contributed by atoms with Gasteiger partial charge in [-0.2, -0.15) is 0 Å². The van der Waals surface area contributed by atoms with Gasteiger partial charge in [0.25, 0.3) is 0 Å². The van der Waals surface area contributed by atoms with Crippen LogP contribution >= 0.6 is 0 Å². The van der Waals surface area contributed by atoms with E-state index in [1.165, 1.54) is 19.3 Å². The summed E-state index contributed by atoms with van der Waals surface area (Å²) in [7, 11) is -3.13. The van der Waals surface area contributed by atoms with Gasteiger partial charge in [0.05, 0.1) is 0 Å². The van der Waals surface area contributed by atoms with Gasteiger partial charge < -0.3 is 5.73 Å². The molecule has 0 unspecified atom stereocenters. The summed E-state index contributed by atoms with van der Waals surface area (Å²) in [6, 6.07) is 0. The summed E-state index contributed by atoms with van der Waals surface area (Å²) in [4.78, 5) is 0. The molecule has 0 fully saturated rings. The number of hydrogen-bond acceptors (Lipinski definition) is 3. The molecule has 13 heavy (non-hydrogen) atoms. The van der Waals surface area contributed by atoms with Crippen LogP contribution in [0.3, 0.4) is 0 Å². The van der Waals surface area contributed by atoms with Crippen LogP contribution in [0.2, 0.25) is 0 Å². The number of hydrogen-bond donors (Lipinski definition) is 1. The summed E-state index contributed by atoms with van der Waals surface area (Å²) in [6.07, 6.45) is 3.75. The van der Waals surface area contributed by atoms with Gasteiger partial charge >= 0.3 is 0 Å². The lowest BCUT2D eigenvalue weighted by Gasteiger charge is -1.86. The first-order valence-electron chi connectivity index (χ1n) is 4.24. The van der Waals surface area contributed by atoms with Crippen molar-refractivity contribution in [3.8, 4) is 0 Å². The SMILES string of the molecule is C=CS(=O)(=O)C=C.CCCCCN. The lowest BCUT2D eigenvalue weighted by atomic mass is 10.3. The number of sulfone groups is 1. The van der Waals surface area contributed by atoms with Crippen molar-refractivity contribution in [1.29, 1.82) is 0 Å². The van der Waals surface area contributed by atoms with E-state index in [9.17, 15) is 8.42 Å². The van der Waals surface area contributed by atoms with Gasteiger partial charge in [-0.1, -0.05) is 32.9 Å². The minimum atomic E-state index is -3.13. The fraction of sp³-hybridized carbons (Fsp3) is 0.556. The molecule has 0 aromatic heterocycles. The molecule has 0 saturated heterocycles. The van der Waals surface area contributed by atoms with Gasteiger partial charge in [-0.25, -0.2) is 8.42 Å². The Morgan fingerprint density at radius 3 is 1.77 bits per heavy atom. The maximum atomic E-state index is 10.1. The van der Waals surface area contributed by atoms with Crippen molar-refractivity contribution in [2.24, 2.45) is 5.73 Å². The summed E-state index contributed by atoms with van der Waals surface area (Å²) >= 11 is 0. The van der Waals surface area contributed by atoms with Crippen molar-refractivity contribution >= 4 is 9.84 Å². The quantitative estimate of drug-likeness (QED) is 0.696. The summed E-state index contributed by atoms with van der Waals surface area (Å²) in [5.74, 6) is 0. The van der Waals surface area contributed by atoms with Crippen molar-refractivity contribution in [3.05, 3.63) is 24.0 Å². The van der Waals surface area contributed by atoms with Crippen molar-refractivity contribution < 1.29 is 8.42 Å². The lowest BCUT2D eigenvalue weighted by molar-refractivity contribution is 0.613. The highest BCUT2D eigenvalue weighted by Crippen LogP contribution is 1.88. The highest BCUT2D eigenvalue weighted by atomic mass is 32.2. The van der Waals surface area contributed by atoms with Gasteiger partial charge in [0.15, 0.2) is 9.84 Å². The molecule has 4 heteroatoms. The van der Waals surface area contributed by atoms with E-state index in [0.717, 1.165) is 17.4 Å². The fourth-order valence-corrected chi connectivity index (χ4v) is 0.598. The molecule has 0 aliphatic heterocycles. The Hall–Kier alpha value is -0.610. The predicted molar refractivity (Wildman–Crippen MR) is 57.9 cm³/mol. The van der Waals surface area contributed by atoms with E-state index in [0.29, 0.717) is 0 Å². The summed E-state index contributed by atoms with van der Waals surface area (Å²) in [5.41, 5.74) is 5.21. The van der Waals surface area contributed by atoms with Crippen molar-refractivity contribution in [2.45, 2.75) is 26.2 Å². The molecule has 2 N–H and O–H groups in total. The third kappa shape index (κ3) is 14.3. The largest absolute Gasteiger partial charge is 0.330 e. The minimum absolute atomic E-state index is 0.847. The van der Waals surface area contributed by atoms with E-state index >= 15 is 0 Å². The molecule has 0 aromatic rings. The minimum Gasteiger partial charge on any atom is -0.330 e. The molecule has 0 amide bonds. The monoisotopic (exact) mass is 205 g/mol. The highest BCUT2D eigenvalue weighted by molar-refractivity contribution is 7.97. The van der Waals surface area contributed by atoms with Crippen molar-refractivity contribution in [2.75, 3.05) is 6.54 Å². The average molecular weight is 205 g/mol. The summed E-state index contributed by atoms with van der Waals surface area (Å²) < 4.78 is 20.3. The van der Waals surface area contributed by atoms with Crippen LogP contribution in [0.25, 0.3) is 0 Å². The third-order valence-corrected chi connectivity index (χ3v) is 2.20. The molecule has 0 aromatic carbocycles. The molecule has 0 atom stereocenters. The second kappa shape index (κ2) is 9.48. The molecular weight excluding hydrogens is 186 g/mol. The first-order valence-corrected chi connectivity index (χ1v) is 5.85. The van der Waals surface area contributed by atoms with Crippen LogP contribution < -0.4 is 5.73 Å². The summed E-state index contributed by atoms with van der Waals surface area (Å²) in [6.45, 7) is 9.12. The van der Waals surface area contributed by atoms with Crippen LogP contribution in [0.15, 0.2) is 24.0 Å². The number of rotatable bonds is 5. The maximum Gasteiger partial charge on any atom is 0.191 e. The second-order valence-corrected chi connectivity index (χ2v) is 4.26. The lowest BCUT2D eigenvalue weighted by Crippen LogP contribution is -1.96. The average Bonchev–Trinajstić information content (AvgIpc) is 2.16. The summed E-state index contributed by atoms with van der Waals surface area (Å²) in [5, 5.41) is 1.69. The molecule has 78 valence electrons. The van der Waals surface area contributed by atoms with Crippen molar-refractivity contribution in [1.82, 2.24) is 0 Å². The molecular formula is C9H19NO2S. The van der Waals surface area contributed by atoms with E-state index in [1.807, 2.05) is 0 Å². The van der Waals surface area contributed by atoms with E-state index in [-0.39, 0.29) is 0 Å². The maximum absolute atomic E-state index is 10.1. The molecule has 0 heterocycles. The Kier molecular flexibility index (Phi) is 10.9. The number of nitrogens with two attached hydrogens (primary N) is 1. The van der Waals surface area contributed by atoms with Crippen LogP contribution in [0.5, 0.6) is 0 Å². The van der Waals surface area contributed by atoms with Gasteiger partial charge in [-0.3, -0.25) is 0 Å². The second-order valence-electron chi connectivity index (χ2n) is 2.42. The van der Waals surface area contributed by atoms with E-state index in [2.05, 4.69) is 20.1 Å². The molecule has 0 spiro atoms. The van der Waals surface area contributed by atoms with Crippen molar-refractivity contribution in [3.63, 3.8) is 0 Å². The third-order valence-electron chi connectivity index (χ3n) is 1.27. The predicted octanol–water partition coefficient (Wildman–Crippen LogP) is 1.82. The van der Waals surface area contributed by atoms with Gasteiger partial charge in [0.2, 0.25) is 0 Å². The van der Waals surface area contributed by atoms with Gasteiger partial charge in [0.1, 0.15) is 0 Å². The Labute approximate surface area is 81.3 Å². The molecule has 0 aliphatic rings. The molecule has 0 saturated carbocycles. The van der Waals surface area contributed by atoms with Gasteiger partial charge in [0, 0.05) is 10.8 Å². The van der Waals surface area contributed by atoms with E-state index in [1.54, 1.807) is 0 Å². The zero-order valence-corrected chi connectivity index (χ0v) is 9.02. The fourth-order valence-electron chi connectivity index (χ4n) is 0.462. The van der Waals surface area contributed by atoms with Crippen LogP contribution in [0, 0.1) is 0 Å². The first kappa shape index (κ1) is 14.9. The molecule has 0 bridgehead atoms. The van der Waals surface area contributed by atoms with Crippen LogP contribution in [-0.4, -0.2) is 15.0 Å². The van der Waals surface area contributed by atoms with Crippen LogP contribution in [-0.2, 0) is 9.84 Å². The molecule has 0 aliphatic carbocycles.